The average Bonchev–Trinajstić information content (AvgIpc) is 3.32. The smallest absolute Gasteiger partial charge is 0.254 e. The van der Waals surface area contributed by atoms with E-state index in [-0.39, 0.29) is 0 Å². The Hall–Kier alpha value is -2.02. The van der Waals surface area contributed by atoms with E-state index in [1.807, 2.05) is 39.2 Å². The van der Waals surface area contributed by atoms with Crippen molar-refractivity contribution in [1.82, 2.24) is 44.7 Å². The van der Waals surface area contributed by atoms with Crippen LogP contribution in [0.1, 0.15) is 11.3 Å². The molecule has 0 amide bonds. The molecule has 0 N–H and O–H groups in total. The normalized spacial score (nSPS) is 11.6. The Morgan fingerprint density at radius 2 is 1.93 bits per heavy atom. The topological polar surface area (TPSA) is 89.9 Å². The van der Waals surface area contributed by atoms with Crippen LogP contribution in [0.5, 0.6) is 0 Å². The van der Waals surface area contributed by atoms with Crippen LogP contribution >= 0.6 is 39.5 Å². The Kier molecular flexibility index (Phi) is 6.66. The second kappa shape index (κ2) is 9.41. The van der Waals surface area contributed by atoms with E-state index in [4.69, 9.17) is 0 Å². The molecular weight excluding hydrogens is 486 g/mol. The lowest BCUT2D eigenvalue weighted by Gasteiger charge is -2.10. The van der Waals surface area contributed by atoms with Gasteiger partial charge >= 0.3 is 0 Å². The van der Waals surface area contributed by atoms with Crippen molar-refractivity contribution in [2.45, 2.75) is 34.6 Å². The van der Waals surface area contributed by atoms with Crippen LogP contribution < -0.4 is 0 Å². The summed E-state index contributed by atoms with van der Waals surface area (Å²) < 4.78 is 4.62. The first-order chi connectivity index (χ1) is 14.5. The Morgan fingerprint density at radius 3 is 2.70 bits per heavy atom. The molecule has 4 aromatic rings. The zero-order chi connectivity index (χ0) is 21.1. The molecule has 30 heavy (non-hydrogen) atoms. The number of hydrogen-bond donors (Lipinski definition) is 0. The van der Waals surface area contributed by atoms with Crippen LogP contribution in [-0.2, 0) is 12.3 Å². The van der Waals surface area contributed by atoms with E-state index >= 15 is 0 Å². The van der Waals surface area contributed by atoms with E-state index in [0.29, 0.717) is 22.6 Å². The zero-order valence-corrected chi connectivity index (χ0v) is 19.9. The number of tetrazole rings is 1. The molecular formula is C18H20BrN9S2. The summed E-state index contributed by atoms with van der Waals surface area (Å²) in [5.74, 6) is 1.36. The minimum absolute atomic E-state index is 0.572. The molecule has 0 radical (unpaired) electrons. The molecule has 156 valence electrons. The molecule has 9 nitrogen and oxygen atoms in total. The fraction of sp³-hybridized carbons (Fsp3) is 0.333. The third kappa shape index (κ3) is 5.17. The number of likely N-dealkylation sites (N-methyl/N-ethyl adjacent to an activating group) is 1. The summed E-state index contributed by atoms with van der Waals surface area (Å²) in [7, 11) is 4.05. The Bertz CT molecular complexity index is 1140. The van der Waals surface area contributed by atoms with Crippen LogP contribution in [-0.4, -0.2) is 65.3 Å². The summed E-state index contributed by atoms with van der Waals surface area (Å²) >= 11 is 6.51. The molecule has 1 aromatic carbocycles. The van der Waals surface area contributed by atoms with Gasteiger partial charge in [-0.15, -0.1) is 10.2 Å². The van der Waals surface area contributed by atoms with Crippen molar-refractivity contribution in [3.63, 3.8) is 0 Å². The molecule has 0 saturated heterocycles. The summed E-state index contributed by atoms with van der Waals surface area (Å²) in [4.78, 5) is 11.2. The zero-order valence-electron chi connectivity index (χ0n) is 16.7. The second-order valence-corrected chi connectivity index (χ2v) is 9.69. The SMILES string of the molecule is Cc1cc(Sc2nnnn2CCN(C)C)n2nc(SCc3ccc(Br)cc3)nc2n1. The van der Waals surface area contributed by atoms with Crippen LogP contribution in [0.2, 0.25) is 0 Å². The van der Waals surface area contributed by atoms with Crippen LogP contribution in [0.15, 0.2) is 50.1 Å². The predicted octanol–water partition coefficient (Wildman–Crippen LogP) is 3.19. The van der Waals surface area contributed by atoms with E-state index in [2.05, 4.69) is 63.6 Å². The fourth-order valence-corrected chi connectivity index (χ4v) is 4.57. The highest BCUT2D eigenvalue weighted by atomic mass is 79.9. The fourth-order valence-electron chi connectivity index (χ4n) is 2.60. The number of hydrogen-bond acceptors (Lipinski definition) is 9. The van der Waals surface area contributed by atoms with Crippen molar-refractivity contribution in [2.75, 3.05) is 20.6 Å². The molecule has 0 aliphatic heterocycles. The number of aryl methyl sites for hydroxylation is 1. The molecule has 0 unspecified atom stereocenters. The van der Waals surface area contributed by atoms with Crippen molar-refractivity contribution < 1.29 is 0 Å². The van der Waals surface area contributed by atoms with Gasteiger partial charge in [-0.3, -0.25) is 0 Å². The first-order valence-corrected chi connectivity index (χ1v) is 11.8. The monoisotopic (exact) mass is 505 g/mol. The summed E-state index contributed by atoms with van der Waals surface area (Å²) in [6.45, 7) is 3.51. The van der Waals surface area contributed by atoms with Gasteiger partial charge in [-0.25, -0.2) is 9.67 Å². The van der Waals surface area contributed by atoms with Gasteiger partial charge in [0.15, 0.2) is 0 Å². The molecule has 0 aliphatic carbocycles. The third-order valence-electron chi connectivity index (χ3n) is 4.12. The van der Waals surface area contributed by atoms with Crippen molar-refractivity contribution in [1.29, 1.82) is 0 Å². The Balaban J connectivity index is 1.55. The average molecular weight is 506 g/mol. The molecule has 0 atom stereocenters. The van der Waals surface area contributed by atoms with E-state index in [1.165, 1.54) is 17.3 Å². The van der Waals surface area contributed by atoms with Gasteiger partial charge in [-0.2, -0.15) is 9.50 Å². The molecule has 0 aliphatic rings. The van der Waals surface area contributed by atoms with Crippen molar-refractivity contribution in [2.24, 2.45) is 0 Å². The largest absolute Gasteiger partial charge is 0.308 e. The lowest BCUT2D eigenvalue weighted by molar-refractivity contribution is 0.361. The maximum atomic E-state index is 4.66. The molecule has 4 rings (SSSR count). The number of benzene rings is 1. The van der Waals surface area contributed by atoms with Crippen LogP contribution in [0, 0.1) is 6.92 Å². The van der Waals surface area contributed by atoms with Crippen LogP contribution in [0.3, 0.4) is 0 Å². The van der Waals surface area contributed by atoms with E-state index in [0.717, 1.165) is 27.5 Å². The van der Waals surface area contributed by atoms with Gasteiger partial charge in [0.25, 0.3) is 5.78 Å². The summed E-state index contributed by atoms with van der Waals surface area (Å²) in [6, 6.07) is 10.2. The molecule has 0 bridgehead atoms. The third-order valence-corrected chi connectivity index (χ3v) is 6.54. The summed E-state index contributed by atoms with van der Waals surface area (Å²) in [6.07, 6.45) is 0. The number of halogens is 1. The van der Waals surface area contributed by atoms with Gasteiger partial charge < -0.3 is 4.90 Å². The molecule has 12 heteroatoms. The lowest BCUT2D eigenvalue weighted by Crippen LogP contribution is -2.19. The summed E-state index contributed by atoms with van der Waals surface area (Å²) in [5, 5.41) is 19.0. The number of rotatable bonds is 8. The number of thioether (sulfide) groups is 1. The Labute approximate surface area is 190 Å². The maximum absolute atomic E-state index is 4.66. The highest BCUT2D eigenvalue weighted by molar-refractivity contribution is 9.10. The minimum atomic E-state index is 0.572. The second-order valence-electron chi connectivity index (χ2n) is 6.85. The molecule has 0 spiro atoms. The molecule has 3 aromatic heterocycles. The predicted molar refractivity (Wildman–Crippen MR) is 120 cm³/mol. The van der Waals surface area contributed by atoms with Gasteiger partial charge in [-0.05, 0) is 67.0 Å². The number of aromatic nitrogens is 8. The quantitative estimate of drug-likeness (QED) is 0.264. The highest BCUT2D eigenvalue weighted by Crippen LogP contribution is 2.28. The van der Waals surface area contributed by atoms with Crippen LogP contribution in [0.4, 0.5) is 0 Å². The first-order valence-electron chi connectivity index (χ1n) is 9.18. The summed E-state index contributed by atoms with van der Waals surface area (Å²) in [5.41, 5.74) is 2.08. The standard InChI is InChI=1S/C18H20BrN9S2/c1-12-10-15(30-18-22-24-25-27(18)9-8-26(2)3)28-16(20-12)21-17(23-28)29-11-13-4-6-14(19)7-5-13/h4-7,10H,8-9,11H2,1-3H3. The Morgan fingerprint density at radius 1 is 1.13 bits per heavy atom. The minimum Gasteiger partial charge on any atom is -0.308 e. The van der Waals surface area contributed by atoms with Gasteiger partial charge in [0.2, 0.25) is 10.3 Å². The van der Waals surface area contributed by atoms with E-state index in [1.54, 1.807) is 21.0 Å². The van der Waals surface area contributed by atoms with Crippen molar-refractivity contribution in [3.8, 4) is 0 Å². The molecule has 0 saturated carbocycles. The van der Waals surface area contributed by atoms with Gasteiger partial charge in [0.05, 0.1) is 6.54 Å². The van der Waals surface area contributed by atoms with E-state index < -0.39 is 0 Å². The highest BCUT2D eigenvalue weighted by Gasteiger charge is 2.15. The molecule has 0 fully saturated rings. The maximum Gasteiger partial charge on any atom is 0.254 e. The first kappa shape index (κ1) is 21.2. The van der Waals surface area contributed by atoms with Crippen molar-refractivity contribution >= 4 is 45.2 Å². The van der Waals surface area contributed by atoms with Gasteiger partial charge in [0.1, 0.15) is 5.03 Å². The number of nitrogens with zero attached hydrogens (tertiary/aromatic N) is 9. The van der Waals surface area contributed by atoms with Crippen molar-refractivity contribution in [3.05, 3.63) is 46.1 Å². The van der Waals surface area contributed by atoms with E-state index in [9.17, 15) is 0 Å². The molecule has 3 heterocycles. The number of fused-ring (bicyclic) bond motifs is 1. The lowest BCUT2D eigenvalue weighted by atomic mass is 10.2. The van der Waals surface area contributed by atoms with Gasteiger partial charge in [-0.1, -0.05) is 39.8 Å². The van der Waals surface area contributed by atoms with Gasteiger partial charge in [0, 0.05) is 22.5 Å². The van der Waals surface area contributed by atoms with Crippen LogP contribution in [0.25, 0.3) is 5.78 Å².